The molecule has 1 rings (SSSR count). The van der Waals surface area contributed by atoms with Crippen molar-refractivity contribution in [3.8, 4) is 0 Å². The fraction of sp³-hybridized carbons (Fsp3) is 1.00. The second-order valence-electron chi connectivity index (χ2n) is 4.93. The summed E-state index contributed by atoms with van der Waals surface area (Å²) in [6.07, 6.45) is 4.04. The molecule has 0 aromatic heterocycles. The average Bonchev–Trinajstić information content (AvgIpc) is 2.13. The second kappa shape index (κ2) is 4.99. The van der Waals surface area contributed by atoms with E-state index in [1.54, 1.807) is 0 Å². The lowest BCUT2D eigenvalue weighted by molar-refractivity contribution is 0.194. The van der Waals surface area contributed by atoms with Gasteiger partial charge in [-0.3, -0.25) is 0 Å². The first kappa shape index (κ1) is 11.0. The minimum Gasteiger partial charge on any atom is -0.314 e. The Bertz CT molecular complexity index is 144. The summed E-state index contributed by atoms with van der Waals surface area (Å²) in [6, 6.07) is 0.777. The summed E-state index contributed by atoms with van der Waals surface area (Å²) < 4.78 is 0. The zero-order valence-electron chi connectivity index (χ0n) is 9.64. The van der Waals surface area contributed by atoms with Gasteiger partial charge in [-0.1, -0.05) is 34.1 Å². The van der Waals surface area contributed by atoms with Crippen LogP contribution in [0.3, 0.4) is 0 Å². The van der Waals surface area contributed by atoms with E-state index in [4.69, 9.17) is 0 Å². The van der Waals surface area contributed by atoms with Gasteiger partial charge in [0.05, 0.1) is 0 Å². The monoisotopic (exact) mass is 183 g/mol. The van der Waals surface area contributed by atoms with Crippen LogP contribution in [0.5, 0.6) is 0 Å². The summed E-state index contributed by atoms with van der Waals surface area (Å²) >= 11 is 0. The van der Waals surface area contributed by atoms with Crippen LogP contribution in [-0.2, 0) is 0 Å². The average molecular weight is 183 g/mol. The number of piperidine rings is 1. The Hall–Kier alpha value is -0.0400. The van der Waals surface area contributed by atoms with E-state index < -0.39 is 0 Å². The maximum atomic E-state index is 3.66. The summed E-state index contributed by atoms with van der Waals surface area (Å²) in [5, 5.41) is 3.66. The topological polar surface area (TPSA) is 12.0 Å². The third-order valence-corrected chi connectivity index (χ3v) is 3.89. The van der Waals surface area contributed by atoms with Crippen molar-refractivity contribution in [2.45, 2.75) is 53.0 Å². The standard InChI is InChI=1S/C12H25N/c1-5-9(2)8-12-11(4)10(3)6-7-13-12/h9-13H,5-8H2,1-4H3. The molecule has 13 heavy (non-hydrogen) atoms. The Balaban J connectivity index is 2.39. The molecule has 1 nitrogen and oxygen atoms in total. The van der Waals surface area contributed by atoms with Crippen LogP contribution in [0.4, 0.5) is 0 Å². The zero-order chi connectivity index (χ0) is 9.84. The van der Waals surface area contributed by atoms with Crippen molar-refractivity contribution in [2.24, 2.45) is 17.8 Å². The first-order valence-electron chi connectivity index (χ1n) is 5.88. The Morgan fingerprint density at radius 1 is 1.38 bits per heavy atom. The fourth-order valence-corrected chi connectivity index (χ4v) is 2.24. The predicted octanol–water partition coefficient (Wildman–Crippen LogP) is 3.06. The molecule has 0 saturated carbocycles. The Labute approximate surface area is 83.3 Å². The molecule has 0 spiro atoms. The van der Waals surface area contributed by atoms with Crippen molar-refractivity contribution < 1.29 is 0 Å². The third-order valence-electron chi connectivity index (χ3n) is 3.89. The van der Waals surface area contributed by atoms with Crippen LogP contribution >= 0.6 is 0 Å². The second-order valence-corrected chi connectivity index (χ2v) is 4.93. The number of rotatable bonds is 3. The van der Waals surface area contributed by atoms with Gasteiger partial charge in [0.15, 0.2) is 0 Å². The lowest BCUT2D eigenvalue weighted by Gasteiger charge is -2.36. The van der Waals surface area contributed by atoms with Crippen LogP contribution in [0, 0.1) is 17.8 Å². The first-order chi connectivity index (χ1) is 6.15. The van der Waals surface area contributed by atoms with Crippen LogP contribution in [-0.4, -0.2) is 12.6 Å². The van der Waals surface area contributed by atoms with Crippen LogP contribution in [0.2, 0.25) is 0 Å². The predicted molar refractivity (Wildman–Crippen MR) is 58.8 cm³/mol. The smallest absolute Gasteiger partial charge is 0.00977 e. The number of hydrogen-bond donors (Lipinski definition) is 1. The van der Waals surface area contributed by atoms with Gasteiger partial charge in [0.25, 0.3) is 0 Å². The fourth-order valence-electron chi connectivity index (χ4n) is 2.24. The van der Waals surface area contributed by atoms with E-state index in [1.807, 2.05) is 0 Å². The van der Waals surface area contributed by atoms with Crippen molar-refractivity contribution in [3.05, 3.63) is 0 Å². The summed E-state index contributed by atoms with van der Waals surface area (Å²) in [5.41, 5.74) is 0. The first-order valence-corrected chi connectivity index (χ1v) is 5.88. The molecule has 4 atom stereocenters. The minimum atomic E-state index is 0.777. The highest BCUT2D eigenvalue weighted by Crippen LogP contribution is 2.26. The minimum absolute atomic E-state index is 0.777. The molecule has 0 amide bonds. The van der Waals surface area contributed by atoms with Crippen LogP contribution < -0.4 is 5.32 Å². The van der Waals surface area contributed by atoms with Gasteiger partial charge in [-0.15, -0.1) is 0 Å². The molecule has 1 heterocycles. The maximum absolute atomic E-state index is 3.66. The number of hydrogen-bond acceptors (Lipinski definition) is 1. The zero-order valence-corrected chi connectivity index (χ0v) is 9.64. The summed E-state index contributed by atoms with van der Waals surface area (Å²) in [7, 11) is 0. The van der Waals surface area contributed by atoms with Gasteiger partial charge in [0.2, 0.25) is 0 Å². The molecule has 1 fully saturated rings. The van der Waals surface area contributed by atoms with Gasteiger partial charge in [-0.25, -0.2) is 0 Å². The van der Waals surface area contributed by atoms with E-state index in [0.717, 1.165) is 23.8 Å². The molecule has 0 aromatic rings. The van der Waals surface area contributed by atoms with Crippen LogP contribution in [0.15, 0.2) is 0 Å². The highest BCUT2D eigenvalue weighted by atomic mass is 14.9. The molecule has 1 aliphatic heterocycles. The molecule has 0 bridgehead atoms. The SMILES string of the molecule is CCC(C)CC1NCCC(C)C1C. The Morgan fingerprint density at radius 2 is 2.08 bits per heavy atom. The van der Waals surface area contributed by atoms with Gasteiger partial charge in [0.1, 0.15) is 0 Å². The van der Waals surface area contributed by atoms with Crippen LogP contribution in [0.25, 0.3) is 0 Å². The Morgan fingerprint density at radius 3 is 2.69 bits per heavy atom. The number of nitrogens with one attached hydrogen (secondary N) is 1. The molecule has 0 radical (unpaired) electrons. The van der Waals surface area contributed by atoms with Crippen molar-refractivity contribution in [3.63, 3.8) is 0 Å². The quantitative estimate of drug-likeness (QED) is 0.709. The highest BCUT2D eigenvalue weighted by Gasteiger charge is 2.27. The largest absolute Gasteiger partial charge is 0.314 e. The van der Waals surface area contributed by atoms with Crippen molar-refractivity contribution in [2.75, 3.05) is 6.54 Å². The van der Waals surface area contributed by atoms with E-state index in [2.05, 4.69) is 33.0 Å². The summed E-state index contributed by atoms with van der Waals surface area (Å²) in [4.78, 5) is 0. The molecule has 0 aromatic carbocycles. The molecule has 78 valence electrons. The lowest BCUT2D eigenvalue weighted by Crippen LogP contribution is -2.44. The van der Waals surface area contributed by atoms with Crippen molar-refractivity contribution >= 4 is 0 Å². The molecule has 1 saturated heterocycles. The van der Waals surface area contributed by atoms with E-state index >= 15 is 0 Å². The normalized spacial score (nSPS) is 37.4. The maximum Gasteiger partial charge on any atom is 0.00977 e. The van der Waals surface area contributed by atoms with E-state index in [0.29, 0.717) is 0 Å². The Kier molecular flexibility index (Phi) is 4.24. The lowest BCUT2D eigenvalue weighted by atomic mass is 9.79. The molecule has 0 aliphatic carbocycles. The highest BCUT2D eigenvalue weighted by molar-refractivity contribution is 4.83. The molecule has 1 aliphatic rings. The van der Waals surface area contributed by atoms with Gasteiger partial charge in [0, 0.05) is 6.04 Å². The van der Waals surface area contributed by atoms with Crippen molar-refractivity contribution in [1.29, 1.82) is 0 Å². The molecular formula is C12H25N. The van der Waals surface area contributed by atoms with E-state index in [-0.39, 0.29) is 0 Å². The van der Waals surface area contributed by atoms with Crippen LogP contribution in [0.1, 0.15) is 47.0 Å². The molecule has 1 heteroatoms. The molecule has 1 N–H and O–H groups in total. The van der Waals surface area contributed by atoms with Gasteiger partial charge in [-0.2, -0.15) is 0 Å². The van der Waals surface area contributed by atoms with Gasteiger partial charge >= 0.3 is 0 Å². The molecule has 4 unspecified atom stereocenters. The summed E-state index contributed by atoms with van der Waals surface area (Å²) in [6.45, 7) is 10.7. The van der Waals surface area contributed by atoms with Crippen molar-refractivity contribution in [1.82, 2.24) is 5.32 Å². The van der Waals surface area contributed by atoms with Gasteiger partial charge in [-0.05, 0) is 37.1 Å². The molecular weight excluding hydrogens is 158 g/mol. The van der Waals surface area contributed by atoms with E-state index in [1.165, 1.54) is 25.8 Å². The van der Waals surface area contributed by atoms with E-state index in [9.17, 15) is 0 Å². The third kappa shape index (κ3) is 2.98. The summed E-state index contributed by atoms with van der Waals surface area (Å²) in [5.74, 6) is 2.66. The van der Waals surface area contributed by atoms with Gasteiger partial charge < -0.3 is 5.32 Å².